The van der Waals surface area contributed by atoms with Crippen molar-refractivity contribution in [3.05, 3.63) is 30.1 Å². The maximum atomic E-state index is 13.2. The van der Waals surface area contributed by atoms with Gasteiger partial charge in [0.05, 0.1) is 17.5 Å². The molecule has 2 unspecified atom stereocenters. The van der Waals surface area contributed by atoms with Gasteiger partial charge in [0.1, 0.15) is 11.9 Å². The largest absolute Gasteiger partial charge is 0.376 e. The average molecular weight is 472 g/mol. The molecule has 2 N–H and O–H groups in total. The van der Waals surface area contributed by atoms with E-state index in [0.29, 0.717) is 19.4 Å². The van der Waals surface area contributed by atoms with E-state index in [9.17, 15) is 22.4 Å². The van der Waals surface area contributed by atoms with E-state index in [4.69, 9.17) is 4.74 Å². The van der Waals surface area contributed by atoms with Crippen LogP contribution in [-0.2, 0) is 24.3 Å². The van der Waals surface area contributed by atoms with E-state index < -0.39 is 39.9 Å². The number of rotatable bonds is 10. The van der Waals surface area contributed by atoms with E-state index in [2.05, 4.69) is 10.0 Å². The lowest BCUT2D eigenvalue weighted by molar-refractivity contribution is -0.142. The van der Waals surface area contributed by atoms with Crippen molar-refractivity contribution in [3.8, 4) is 0 Å². The third-order valence-corrected chi connectivity index (χ3v) is 6.44. The predicted octanol–water partition coefficient (Wildman–Crippen LogP) is 2.20. The maximum Gasteiger partial charge on any atom is 0.243 e. The molecule has 10 heteroatoms. The van der Waals surface area contributed by atoms with Crippen LogP contribution in [0.2, 0.25) is 0 Å². The zero-order chi connectivity index (χ0) is 23.9. The molecule has 1 aliphatic heterocycles. The maximum absolute atomic E-state index is 13.2. The van der Waals surface area contributed by atoms with Crippen molar-refractivity contribution in [2.45, 2.75) is 76.0 Å². The van der Waals surface area contributed by atoms with Crippen LogP contribution in [0, 0.1) is 5.82 Å². The molecular weight excluding hydrogens is 437 g/mol. The Morgan fingerprint density at radius 3 is 2.44 bits per heavy atom. The van der Waals surface area contributed by atoms with Crippen LogP contribution < -0.4 is 10.0 Å². The summed E-state index contributed by atoms with van der Waals surface area (Å²) in [5.41, 5.74) is -0.480. The number of hydrogen-bond donors (Lipinski definition) is 2. The molecule has 0 bridgehead atoms. The summed E-state index contributed by atoms with van der Waals surface area (Å²) in [7, 11) is -4.02. The first-order valence-electron chi connectivity index (χ1n) is 10.9. The zero-order valence-electron chi connectivity index (χ0n) is 19.2. The first-order valence-corrected chi connectivity index (χ1v) is 12.4. The molecule has 1 heterocycles. The van der Waals surface area contributed by atoms with Gasteiger partial charge in [-0.05, 0) is 64.3 Å². The number of nitrogens with zero attached hydrogens (tertiary/aromatic N) is 1. The Balaban J connectivity index is 2.20. The van der Waals surface area contributed by atoms with E-state index in [1.54, 1.807) is 0 Å². The van der Waals surface area contributed by atoms with E-state index in [1.807, 2.05) is 27.7 Å². The van der Waals surface area contributed by atoms with Gasteiger partial charge in [0.2, 0.25) is 21.8 Å². The second kappa shape index (κ2) is 11.2. The summed E-state index contributed by atoms with van der Waals surface area (Å²) in [6, 6.07) is 3.58. The Morgan fingerprint density at radius 2 is 1.91 bits per heavy atom. The van der Waals surface area contributed by atoms with Gasteiger partial charge in [0, 0.05) is 18.7 Å². The molecule has 1 aliphatic rings. The number of benzene rings is 1. The summed E-state index contributed by atoms with van der Waals surface area (Å²) in [6.45, 7) is 7.78. The van der Waals surface area contributed by atoms with Crippen LogP contribution in [0.3, 0.4) is 0 Å². The Kier molecular flexibility index (Phi) is 9.18. The number of hydrogen-bond acceptors (Lipinski definition) is 5. The Hall–Kier alpha value is -2.04. The van der Waals surface area contributed by atoms with E-state index in [0.717, 1.165) is 37.1 Å². The molecule has 32 heavy (non-hydrogen) atoms. The third kappa shape index (κ3) is 7.83. The second-order valence-electron chi connectivity index (χ2n) is 9.00. The molecule has 1 fully saturated rings. The molecule has 1 aromatic rings. The third-order valence-electron chi connectivity index (χ3n) is 5.02. The van der Waals surface area contributed by atoms with Crippen molar-refractivity contribution in [1.82, 2.24) is 14.9 Å². The van der Waals surface area contributed by atoms with E-state index >= 15 is 0 Å². The molecule has 0 aromatic heterocycles. The van der Waals surface area contributed by atoms with Gasteiger partial charge in [-0.3, -0.25) is 9.59 Å². The van der Waals surface area contributed by atoms with Gasteiger partial charge in [0.25, 0.3) is 0 Å². The number of carbonyl (C=O) groups excluding carboxylic acids is 2. The van der Waals surface area contributed by atoms with Crippen LogP contribution in [0.25, 0.3) is 0 Å². The predicted molar refractivity (Wildman–Crippen MR) is 119 cm³/mol. The minimum atomic E-state index is -4.02. The van der Waals surface area contributed by atoms with Gasteiger partial charge >= 0.3 is 0 Å². The average Bonchev–Trinajstić information content (AvgIpc) is 3.21. The summed E-state index contributed by atoms with van der Waals surface area (Å²) < 4.78 is 46.1. The van der Waals surface area contributed by atoms with Gasteiger partial charge in [-0.15, -0.1) is 0 Å². The molecule has 180 valence electrons. The highest BCUT2D eigenvalue weighted by Crippen LogP contribution is 2.18. The van der Waals surface area contributed by atoms with Crippen LogP contribution in [0.4, 0.5) is 4.39 Å². The molecule has 0 saturated carbocycles. The first kappa shape index (κ1) is 26.2. The van der Waals surface area contributed by atoms with Crippen LogP contribution in [0.1, 0.15) is 53.4 Å². The van der Waals surface area contributed by atoms with Gasteiger partial charge in [-0.25, -0.2) is 17.5 Å². The lowest BCUT2D eigenvalue weighted by Crippen LogP contribution is -2.56. The highest BCUT2D eigenvalue weighted by molar-refractivity contribution is 7.89. The smallest absolute Gasteiger partial charge is 0.243 e. The van der Waals surface area contributed by atoms with Gasteiger partial charge < -0.3 is 15.0 Å². The van der Waals surface area contributed by atoms with Crippen molar-refractivity contribution >= 4 is 21.8 Å². The van der Waals surface area contributed by atoms with Crippen LogP contribution >= 0.6 is 0 Å². The number of sulfonamides is 1. The molecule has 1 saturated heterocycles. The molecular formula is C22H34FN3O5S. The van der Waals surface area contributed by atoms with E-state index in [1.165, 1.54) is 4.90 Å². The number of halogens is 1. The van der Waals surface area contributed by atoms with Crippen LogP contribution in [0.15, 0.2) is 29.2 Å². The summed E-state index contributed by atoms with van der Waals surface area (Å²) in [5.74, 6) is -1.36. The van der Waals surface area contributed by atoms with Crippen molar-refractivity contribution in [1.29, 1.82) is 0 Å². The number of ether oxygens (including phenoxy) is 1. The van der Waals surface area contributed by atoms with Gasteiger partial charge in [0.15, 0.2) is 0 Å². The Bertz CT molecular complexity index is 878. The first-order chi connectivity index (χ1) is 14.9. The summed E-state index contributed by atoms with van der Waals surface area (Å²) in [6.07, 6.45) is 2.54. The van der Waals surface area contributed by atoms with Crippen molar-refractivity contribution in [2.75, 3.05) is 19.7 Å². The normalized spacial score (nSPS) is 17.7. The quantitative estimate of drug-likeness (QED) is 0.544. The number of amides is 2. The molecule has 0 spiro atoms. The number of carbonyl (C=O) groups is 2. The molecule has 8 nitrogen and oxygen atoms in total. The molecule has 0 aliphatic carbocycles. The highest BCUT2D eigenvalue weighted by Gasteiger charge is 2.34. The van der Waals surface area contributed by atoms with E-state index in [-0.39, 0.29) is 23.5 Å². The fraction of sp³-hybridized carbons (Fsp3) is 0.636. The van der Waals surface area contributed by atoms with Crippen molar-refractivity contribution < 1.29 is 27.1 Å². The van der Waals surface area contributed by atoms with Crippen molar-refractivity contribution in [3.63, 3.8) is 0 Å². The molecule has 2 rings (SSSR count). The minimum Gasteiger partial charge on any atom is -0.376 e. The molecule has 2 atom stereocenters. The lowest BCUT2D eigenvalue weighted by Gasteiger charge is -2.34. The van der Waals surface area contributed by atoms with Gasteiger partial charge in [-0.2, -0.15) is 0 Å². The molecule has 1 aromatic carbocycles. The minimum absolute atomic E-state index is 0.145. The van der Waals surface area contributed by atoms with Crippen LogP contribution in [-0.4, -0.2) is 62.5 Å². The standard InChI is InChI=1S/C22H34FN3O5S/c1-5-7-19(21(28)25-22(2,3)4)26(15-17-8-6-13-31-17)20(27)14-24-32(29,30)18-11-9-16(23)10-12-18/h9-12,17,19,24H,5-8,13-15H2,1-4H3,(H,25,28). The van der Waals surface area contributed by atoms with Gasteiger partial charge in [-0.1, -0.05) is 13.3 Å². The summed E-state index contributed by atoms with van der Waals surface area (Å²) >= 11 is 0. The summed E-state index contributed by atoms with van der Waals surface area (Å²) in [5, 5.41) is 2.92. The monoisotopic (exact) mass is 471 g/mol. The van der Waals surface area contributed by atoms with Crippen molar-refractivity contribution in [2.24, 2.45) is 0 Å². The van der Waals surface area contributed by atoms with Crippen LogP contribution in [0.5, 0.6) is 0 Å². The molecule has 0 radical (unpaired) electrons. The molecule has 2 amide bonds. The second-order valence-corrected chi connectivity index (χ2v) is 10.8. The zero-order valence-corrected chi connectivity index (χ0v) is 20.0. The fourth-order valence-corrected chi connectivity index (χ4v) is 4.50. The summed E-state index contributed by atoms with van der Waals surface area (Å²) in [4.78, 5) is 27.4. The lowest BCUT2D eigenvalue weighted by atomic mass is 10.0. The Labute approximate surface area is 189 Å². The fourth-order valence-electron chi connectivity index (χ4n) is 3.52. The Morgan fingerprint density at radius 1 is 1.25 bits per heavy atom. The highest BCUT2D eigenvalue weighted by atomic mass is 32.2. The number of nitrogens with one attached hydrogen (secondary N) is 2. The SMILES string of the molecule is CCCC(C(=O)NC(C)(C)C)N(CC1CCCO1)C(=O)CNS(=O)(=O)c1ccc(F)cc1. The topological polar surface area (TPSA) is 105 Å².